The van der Waals surface area contributed by atoms with Crippen LogP contribution in [0.4, 0.5) is 0 Å². The molecule has 0 fully saturated rings. The van der Waals surface area contributed by atoms with Gasteiger partial charge in [-0.1, -0.05) is 26.7 Å². The molecule has 0 unspecified atom stereocenters. The van der Waals surface area contributed by atoms with Gasteiger partial charge in [-0.15, -0.1) is 0 Å². The molecule has 18 heavy (non-hydrogen) atoms. The molecule has 0 spiro atoms. The van der Waals surface area contributed by atoms with Gasteiger partial charge >= 0.3 is 0 Å². The van der Waals surface area contributed by atoms with Gasteiger partial charge in [-0.05, 0) is 43.2 Å². The minimum Gasteiger partial charge on any atom is -0.496 e. The van der Waals surface area contributed by atoms with Crippen LogP contribution in [0, 0.1) is 0 Å². The Bertz CT molecular complexity index is 352. The Hall–Kier alpha value is -1.44. The van der Waals surface area contributed by atoms with Gasteiger partial charge < -0.3 is 9.47 Å². The molecule has 0 aromatic heterocycles. The molecule has 0 aliphatic heterocycles. The van der Waals surface area contributed by atoms with Gasteiger partial charge in [-0.25, -0.2) is 0 Å². The number of benzene rings is 1. The molecule has 0 saturated carbocycles. The maximum Gasteiger partial charge on any atom is 0.122 e. The molecule has 1 aromatic rings. The van der Waals surface area contributed by atoms with Crippen molar-refractivity contribution in [2.24, 2.45) is 0 Å². The minimum absolute atomic E-state index is 0.801. The third-order valence-electron chi connectivity index (χ3n) is 2.76. The lowest BCUT2D eigenvalue weighted by Gasteiger charge is -2.09. The second-order valence-corrected chi connectivity index (χ2v) is 4.26. The van der Waals surface area contributed by atoms with Gasteiger partial charge in [0, 0.05) is 5.56 Å². The number of allylic oxidation sites excluding steroid dienone is 1. The molecule has 0 aliphatic carbocycles. The maximum atomic E-state index is 5.68. The van der Waals surface area contributed by atoms with Crippen molar-refractivity contribution in [3.05, 3.63) is 35.9 Å². The zero-order valence-electron chi connectivity index (χ0n) is 11.7. The van der Waals surface area contributed by atoms with E-state index in [1.165, 1.54) is 12.8 Å². The van der Waals surface area contributed by atoms with Crippen molar-refractivity contribution in [2.75, 3.05) is 13.7 Å². The van der Waals surface area contributed by atoms with E-state index in [-0.39, 0.29) is 0 Å². The molecular weight excluding hydrogens is 224 g/mol. The average molecular weight is 248 g/mol. The van der Waals surface area contributed by atoms with E-state index in [9.17, 15) is 0 Å². The molecule has 2 heteroatoms. The third-order valence-corrected chi connectivity index (χ3v) is 2.76. The minimum atomic E-state index is 0.801. The molecule has 0 radical (unpaired) electrons. The Kier molecular flexibility index (Phi) is 7.00. The van der Waals surface area contributed by atoms with Gasteiger partial charge in [0.1, 0.15) is 11.5 Å². The maximum absolute atomic E-state index is 5.68. The number of hydrogen-bond donors (Lipinski definition) is 0. The van der Waals surface area contributed by atoms with Crippen LogP contribution >= 0.6 is 0 Å². The quantitative estimate of drug-likeness (QED) is 0.492. The van der Waals surface area contributed by atoms with Crippen molar-refractivity contribution in [3.63, 3.8) is 0 Å². The molecule has 0 atom stereocenters. The molecule has 100 valence electrons. The highest BCUT2D eigenvalue weighted by Crippen LogP contribution is 2.20. The normalized spacial score (nSPS) is 11.4. The summed E-state index contributed by atoms with van der Waals surface area (Å²) < 4.78 is 11.0. The van der Waals surface area contributed by atoms with Crippen molar-refractivity contribution in [1.29, 1.82) is 0 Å². The highest BCUT2D eigenvalue weighted by atomic mass is 16.5. The molecule has 0 amide bonds. The summed E-state index contributed by atoms with van der Waals surface area (Å²) in [6, 6.07) is 8.09. The molecule has 0 heterocycles. The van der Waals surface area contributed by atoms with Gasteiger partial charge in [0.15, 0.2) is 0 Å². The summed E-state index contributed by atoms with van der Waals surface area (Å²) in [6.07, 6.45) is 6.62. The zero-order chi connectivity index (χ0) is 13.2. The zero-order valence-corrected chi connectivity index (χ0v) is 11.7. The van der Waals surface area contributed by atoms with Crippen LogP contribution in [-0.4, -0.2) is 13.7 Å². The fourth-order valence-corrected chi connectivity index (χ4v) is 1.76. The van der Waals surface area contributed by atoms with Crippen molar-refractivity contribution < 1.29 is 9.47 Å². The number of methoxy groups -OCH3 is 1. The first-order chi connectivity index (χ1) is 8.81. The molecule has 0 saturated heterocycles. The Morgan fingerprint density at radius 1 is 1.11 bits per heavy atom. The van der Waals surface area contributed by atoms with Crippen molar-refractivity contribution in [2.45, 2.75) is 39.5 Å². The van der Waals surface area contributed by atoms with Crippen molar-refractivity contribution in [3.8, 4) is 5.75 Å². The Morgan fingerprint density at radius 3 is 2.39 bits per heavy atom. The number of ether oxygens (including phenoxy) is 2. The Labute approximate surface area is 111 Å². The third kappa shape index (κ3) is 4.82. The van der Waals surface area contributed by atoms with Crippen LogP contribution in [0.25, 0.3) is 5.76 Å². The molecule has 0 aliphatic rings. The molecule has 1 rings (SSSR count). The van der Waals surface area contributed by atoms with Crippen LogP contribution in [-0.2, 0) is 4.74 Å². The SMILES string of the molecule is CC/C=C(/OC)c1ccc(OCCCCC)cc1. The standard InChI is InChI=1S/C16H24O2/c1-4-6-7-13-18-15-11-9-14(10-12-15)16(17-3)8-5-2/h8-12H,4-7,13H2,1-3H3/b16-8+. The van der Waals surface area contributed by atoms with Gasteiger partial charge in [-0.3, -0.25) is 0 Å². The van der Waals surface area contributed by atoms with Crippen LogP contribution in [0.15, 0.2) is 30.3 Å². The van der Waals surface area contributed by atoms with Crippen LogP contribution in [0.1, 0.15) is 45.1 Å². The molecule has 2 nitrogen and oxygen atoms in total. The summed E-state index contributed by atoms with van der Waals surface area (Å²) in [7, 11) is 1.71. The lowest BCUT2D eigenvalue weighted by atomic mass is 10.1. The fraction of sp³-hybridized carbons (Fsp3) is 0.500. The van der Waals surface area contributed by atoms with E-state index < -0.39 is 0 Å². The van der Waals surface area contributed by atoms with E-state index in [0.29, 0.717) is 0 Å². The second kappa shape index (κ2) is 8.62. The summed E-state index contributed by atoms with van der Waals surface area (Å²) in [6.45, 7) is 5.10. The summed E-state index contributed by atoms with van der Waals surface area (Å²) >= 11 is 0. The van der Waals surface area contributed by atoms with E-state index in [0.717, 1.165) is 36.5 Å². The summed E-state index contributed by atoms with van der Waals surface area (Å²) in [4.78, 5) is 0. The Balaban J connectivity index is 2.54. The first-order valence-corrected chi connectivity index (χ1v) is 6.79. The fourth-order valence-electron chi connectivity index (χ4n) is 1.76. The van der Waals surface area contributed by atoms with E-state index in [1.54, 1.807) is 7.11 Å². The Morgan fingerprint density at radius 2 is 1.83 bits per heavy atom. The topological polar surface area (TPSA) is 18.5 Å². The van der Waals surface area contributed by atoms with E-state index in [1.807, 2.05) is 24.3 Å². The van der Waals surface area contributed by atoms with Gasteiger partial charge in [-0.2, -0.15) is 0 Å². The lowest BCUT2D eigenvalue weighted by molar-refractivity contribution is 0.306. The summed E-state index contributed by atoms with van der Waals surface area (Å²) in [5.41, 5.74) is 1.10. The first-order valence-electron chi connectivity index (χ1n) is 6.79. The summed E-state index contributed by atoms with van der Waals surface area (Å²) in [5.74, 6) is 1.86. The molecule has 0 bridgehead atoms. The summed E-state index contributed by atoms with van der Waals surface area (Å²) in [5, 5.41) is 0. The predicted molar refractivity (Wildman–Crippen MR) is 76.7 cm³/mol. The lowest BCUT2D eigenvalue weighted by Crippen LogP contribution is -1.97. The number of hydrogen-bond acceptors (Lipinski definition) is 2. The van der Waals surface area contributed by atoms with Crippen LogP contribution < -0.4 is 4.74 Å². The van der Waals surface area contributed by atoms with E-state index >= 15 is 0 Å². The first kappa shape index (κ1) is 14.6. The van der Waals surface area contributed by atoms with Crippen LogP contribution in [0.2, 0.25) is 0 Å². The number of unbranched alkanes of at least 4 members (excludes halogenated alkanes) is 2. The largest absolute Gasteiger partial charge is 0.496 e. The van der Waals surface area contributed by atoms with Crippen LogP contribution in [0.3, 0.4) is 0 Å². The van der Waals surface area contributed by atoms with Gasteiger partial charge in [0.2, 0.25) is 0 Å². The number of rotatable bonds is 8. The molecule has 0 N–H and O–H groups in total. The van der Waals surface area contributed by atoms with Crippen molar-refractivity contribution in [1.82, 2.24) is 0 Å². The molecular formula is C16H24O2. The highest BCUT2D eigenvalue weighted by Gasteiger charge is 2.01. The highest BCUT2D eigenvalue weighted by molar-refractivity contribution is 5.60. The van der Waals surface area contributed by atoms with E-state index in [4.69, 9.17) is 9.47 Å². The van der Waals surface area contributed by atoms with Crippen LogP contribution in [0.5, 0.6) is 5.75 Å². The monoisotopic (exact) mass is 248 g/mol. The van der Waals surface area contributed by atoms with Crippen molar-refractivity contribution >= 4 is 5.76 Å². The van der Waals surface area contributed by atoms with Gasteiger partial charge in [0.25, 0.3) is 0 Å². The predicted octanol–water partition coefficient (Wildman–Crippen LogP) is 4.65. The average Bonchev–Trinajstić information content (AvgIpc) is 2.42. The second-order valence-electron chi connectivity index (χ2n) is 4.26. The molecule has 1 aromatic carbocycles. The van der Waals surface area contributed by atoms with Gasteiger partial charge in [0.05, 0.1) is 13.7 Å². The smallest absolute Gasteiger partial charge is 0.122 e. The van der Waals surface area contributed by atoms with E-state index in [2.05, 4.69) is 19.9 Å².